The molecule has 2 aliphatic rings. The van der Waals surface area contributed by atoms with E-state index in [9.17, 15) is 9.90 Å². The molecule has 3 heterocycles. The number of carboxylic acids is 1. The van der Waals surface area contributed by atoms with Gasteiger partial charge < -0.3 is 24.3 Å². The molecule has 9 heteroatoms. The topological polar surface area (TPSA) is 90.9 Å². The van der Waals surface area contributed by atoms with E-state index in [0.717, 1.165) is 37.7 Å². The second-order valence-corrected chi connectivity index (χ2v) is 6.37. The summed E-state index contributed by atoms with van der Waals surface area (Å²) in [7, 11) is 0. The summed E-state index contributed by atoms with van der Waals surface area (Å²) in [5.41, 5.74) is 1.18. The second kappa shape index (κ2) is 8.17. The van der Waals surface area contributed by atoms with E-state index in [1.807, 2.05) is 12.1 Å². The molecular weight excluding hydrogens is 343 g/mol. The molecule has 1 unspecified atom stereocenters. The number of carbonyl (C=O) groups is 1. The first kappa shape index (κ1) is 19.5. The molecule has 0 bridgehead atoms. The average molecular weight is 362 g/mol. The molecular formula is C18H19LiN4O4. The predicted octanol–water partition coefficient (Wildman–Crippen LogP) is -2.54. The number of aromatic carboxylic acids is 1. The number of piperazine rings is 1. The van der Waals surface area contributed by atoms with Crippen molar-refractivity contribution in [3.63, 3.8) is 0 Å². The van der Waals surface area contributed by atoms with Crippen LogP contribution in [0.2, 0.25) is 0 Å². The molecule has 0 amide bonds. The van der Waals surface area contributed by atoms with Crippen LogP contribution < -0.4 is 38.3 Å². The normalized spacial score (nSPS) is 17.3. The van der Waals surface area contributed by atoms with E-state index < -0.39 is 5.97 Å². The summed E-state index contributed by atoms with van der Waals surface area (Å²) in [5, 5.41) is 10.8. The summed E-state index contributed by atoms with van der Waals surface area (Å²) in [6.07, 6.45) is 2.58. The smallest absolute Gasteiger partial charge is 0.545 e. The van der Waals surface area contributed by atoms with Crippen LogP contribution in [0.1, 0.15) is 28.9 Å². The fourth-order valence-corrected chi connectivity index (χ4v) is 3.28. The van der Waals surface area contributed by atoms with Crippen LogP contribution in [0.5, 0.6) is 11.5 Å². The molecule has 0 saturated carbocycles. The van der Waals surface area contributed by atoms with E-state index in [1.54, 1.807) is 0 Å². The van der Waals surface area contributed by atoms with Gasteiger partial charge in [0, 0.05) is 50.2 Å². The second-order valence-electron chi connectivity index (χ2n) is 6.37. The van der Waals surface area contributed by atoms with Crippen molar-refractivity contribution in [2.75, 3.05) is 37.9 Å². The molecule has 136 valence electrons. The number of benzene rings is 1. The van der Waals surface area contributed by atoms with Gasteiger partial charge in [-0.05, 0) is 24.6 Å². The molecule has 0 spiro atoms. The number of hydrogen-bond donors (Lipinski definition) is 0. The number of anilines is 1. The monoisotopic (exact) mass is 362 g/mol. The molecule has 27 heavy (non-hydrogen) atoms. The SMILES string of the molecule is CC(c1ccc2c(c1)OCO2)N1CCN(c2ncc(C(=O)[O-])cn2)CC1.[Li+]. The third-order valence-corrected chi connectivity index (χ3v) is 4.90. The minimum atomic E-state index is -1.26. The molecule has 2 aliphatic heterocycles. The summed E-state index contributed by atoms with van der Waals surface area (Å²) in [6.45, 7) is 5.74. The van der Waals surface area contributed by atoms with Gasteiger partial charge in [-0.15, -0.1) is 0 Å². The Morgan fingerprint density at radius 1 is 1.11 bits per heavy atom. The first-order chi connectivity index (χ1) is 12.6. The molecule has 4 rings (SSSR count). The minimum Gasteiger partial charge on any atom is -0.545 e. The van der Waals surface area contributed by atoms with Crippen LogP contribution in [0.4, 0.5) is 5.95 Å². The van der Waals surface area contributed by atoms with Gasteiger partial charge in [-0.25, -0.2) is 9.97 Å². The molecule has 2 aromatic rings. The number of hydrogen-bond acceptors (Lipinski definition) is 8. The zero-order valence-corrected chi connectivity index (χ0v) is 15.4. The Morgan fingerprint density at radius 3 is 2.44 bits per heavy atom. The third kappa shape index (κ3) is 4.03. The number of rotatable bonds is 4. The van der Waals surface area contributed by atoms with Gasteiger partial charge in [0.25, 0.3) is 0 Å². The summed E-state index contributed by atoms with van der Waals surface area (Å²) in [6, 6.07) is 6.33. The van der Waals surface area contributed by atoms with E-state index in [2.05, 4.69) is 32.8 Å². The summed E-state index contributed by atoms with van der Waals surface area (Å²) >= 11 is 0. The fourth-order valence-electron chi connectivity index (χ4n) is 3.28. The van der Waals surface area contributed by atoms with E-state index in [4.69, 9.17) is 9.47 Å². The van der Waals surface area contributed by atoms with Crippen LogP contribution in [0.15, 0.2) is 30.6 Å². The molecule has 1 aromatic carbocycles. The van der Waals surface area contributed by atoms with Crippen molar-refractivity contribution in [2.24, 2.45) is 0 Å². The van der Waals surface area contributed by atoms with Crippen LogP contribution in [0, 0.1) is 0 Å². The number of aromatic nitrogens is 2. The summed E-state index contributed by atoms with van der Waals surface area (Å²) in [5.74, 6) is 0.877. The minimum absolute atomic E-state index is 0. The maximum Gasteiger partial charge on any atom is 1.00 e. The third-order valence-electron chi connectivity index (χ3n) is 4.90. The van der Waals surface area contributed by atoms with Gasteiger partial charge in [0.2, 0.25) is 12.7 Å². The Kier molecular flexibility index (Phi) is 5.90. The zero-order valence-electron chi connectivity index (χ0n) is 15.4. The van der Waals surface area contributed by atoms with Gasteiger partial charge in [-0.3, -0.25) is 4.90 Å². The maximum absolute atomic E-state index is 10.8. The molecule has 0 N–H and O–H groups in total. The van der Waals surface area contributed by atoms with Crippen LogP contribution in [-0.4, -0.2) is 53.8 Å². The number of nitrogens with zero attached hydrogens (tertiary/aromatic N) is 4. The molecule has 0 aliphatic carbocycles. The van der Waals surface area contributed by atoms with Gasteiger partial charge in [-0.1, -0.05) is 6.07 Å². The maximum atomic E-state index is 10.8. The number of carbonyl (C=O) groups excluding carboxylic acids is 1. The largest absolute Gasteiger partial charge is 1.00 e. The van der Waals surface area contributed by atoms with Gasteiger partial charge in [0.1, 0.15) is 0 Å². The van der Waals surface area contributed by atoms with Crippen molar-refractivity contribution in [3.8, 4) is 11.5 Å². The van der Waals surface area contributed by atoms with Gasteiger partial charge >= 0.3 is 18.9 Å². The standard InChI is InChI=1S/C18H20N4O4.Li/c1-12(13-2-3-15-16(8-13)26-11-25-15)21-4-6-22(7-5-21)18-19-9-14(10-20-18)17(23)24;/h2-3,8-10,12H,4-7,11H2,1H3,(H,23,24);/q;+1/p-1. The van der Waals surface area contributed by atoms with E-state index in [1.165, 1.54) is 18.0 Å². The Morgan fingerprint density at radius 2 is 1.78 bits per heavy atom. The molecule has 1 fully saturated rings. The zero-order chi connectivity index (χ0) is 18.1. The summed E-state index contributed by atoms with van der Waals surface area (Å²) < 4.78 is 10.8. The van der Waals surface area contributed by atoms with Crippen molar-refractivity contribution < 1.29 is 38.2 Å². The average Bonchev–Trinajstić information content (AvgIpc) is 3.15. The van der Waals surface area contributed by atoms with Gasteiger partial charge in [0.05, 0.1) is 5.97 Å². The van der Waals surface area contributed by atoms with Crippen molar-refractivity contribution in [3.05, 3.63) is 41.7 Å². The number of ether oxygens (including phenoxy) is 2. The van der Waals surface area contributed by atoms with Crippen molar-refractivity contribution in [2.45, 2.75) is 13.0 Å². The van der Waals surface area contributed by atoms with E-state index in [0.29, 0.717) is 5.95 Å². The first-order valence-electron chi connectivity index (χ1n) is 8.54. The molecule has 0 radical (unpaired) electrons. The molecule has 1 aromatic heterocycles. The Hall–Kier alpha value is -2.27. The van der Waals surface area contributed by atoms with Crippen molar-refractivity contribution >= 4 is 11.9 Å². The Balaban J connectivity index is 0.00000210. The van der Waals surface area contributed by atoms with E-state index in [-0.39, 0.29) is 37.3 Å². The Bertz CT molecular complexity index is 810. The van der Waals surface area contributed by atoms with Crippen LogP contribution in [0.3, 0.4) is 0 Å². The molecule has 8 nitrogen and oxygen atoms in total. The van der Waals surface area contributed by atoms with Crippen LogP contribution in [0.25, 0.3) is 0 Å². The van der Waals surface area contributed by atoms with E-state index >= 15 is 0 Å². The Labute approximate surface area is 169 Å². The van der Waals surface area contributed by atoms with Crippen LogP contribution in [-0.2, 0) is 0 Å². The number of fused-ring (bicyclic) bond motifs is 1. The molecule has 1 atom stereocenters. The fraction of sp³-hybridized carbons (Fsp3) is 0.389. The quantitative estimate of drug-likeness (QED) is 0.550. The summed E-state index contributed by atoms with van der Waals surface area (Å²) in [4.78, 5) is 23.5. The first-order valence-corrected chi connectivity index (χ1v) is 8.54. The predicted molar refractivity (Wildman–Crippen MR) is 91.1 cm³/mol. The molecule has 1 saturated heterocycles. The number of carboxylic acid groups (broad SMARTS) is 1. The van der Waals surface area contributed by atoms with Gasteiger partial charge in [0.15, 0.2) is 11.5 Å². The van der Waals surface area contributed by atoms with Crippen molar-refractivity contribution in [1.82, 2.24) is 14.9 Å². The van der Waals surface area contributed by atoms with Crippen molar-refractivity contribution in [1.29, 1.82) is 0 Å². The van der Waals surface area contributed by atoms with Crippen LogP contribution >= 0.6 is 0 Å². The van der Waals surface area contributed by atoms with Gasteiger partial charge in [-0.2, -0.15) is 0 Å².